The molecule has 156 valence electrons. The van der Waals surface area contributed by atoms with Crippen molar-refractivity contribution in [3.05, 3.63) is 57.9 Å². The summed E-state index contributed by atoms with van der Waals surface area (Å²) in [6.07, 6.45) is -5.63. The van der Waals surface area contributed by atoms with Gasteiger partial charge in [-0.05, 0) is 12.1 Å². The number of carbonyl (C=O) groups excluding carboxylic acids is 2. The summed E-state index contributed by atoms with van der Waals surface area (Å²) in [5, 5.41) is 8.68. The van der Waals surface area contributed by atoms with Crippen molar-refractivity contribution in [2.24, 2.45) is 0 Å². The maximum Gasteiger partial charge on any atom is 0.417 e. The zero-order chi connectivity index (χ0) is 21.9. The predicted molar refractivity (Wildman–Crippen MR) is 101 cm³/mol. The Morgan fingerprint density at radius 1 is 1.30 bits per heavy atom. The highest BCUT2D eigenvalue weighted by Gasteiger charge is 2.37. The number of halogens is 3. The molecule has 0 bridgehead atoms. The van der Waals surface area contributed by atoms with Crippen molar-refractivity contribution in [1.29, 1.82) is 5.26 Å². The molecule has 1 saturated heterocycles. The fourth-order valence-corrected chi connectivity index (χ4v) is 3.73. The lowest BCUT2D eigenvalue weighted by Crippen LogP contribution is -2.32. The van der Waals surface area contributed by atoms with E-state index < -0.39 is 51.6 Å². The minimum absolute atomic E-state index is 0.272. The van der Waals surface area contributed by atoms with E-state index in [1.54, 1.807) is 30.3 Å². The van der Waals surface area contributed by atoms with Gasteiger partial charge in [-0.15, -0.1) is 0 Å². The van der Waals surface area contributed by atoms with Crippen molar-refractivity contribution in [2.75, 3.05) is 17.2 Å². The highest BCUT2D eigenvalue weighted by molar-refractivity contribution is 7.99. The molecule has 3 rings (SSSR count). The third-order valence-electron chi connectivity index (χ3n) is 4.26. The Bertz CT molecular complexity index is 1060. The van der Waals surface area contributed by atoms with Gasteiger partial charge in [0.1, 0.15) is 6.07 Å². The first-order valence-corrected chi connectivity index (χ1v) is 9.62. The summed E-state index contributed by atoms with van der Waals surface area (Å²) in [4.78, 5) is 39.7. The molecule has 0 aliphatic carbocycles. The highest BCUT2D eigenvalue weighted by atomic mass is 32.2. The van der Waals surface area contributed by atoms with Crippen LogP contribution in [0.4, 0.5) is 18.9 Å². The largest absolute Gasteiger partial charge is 0.452 e. The van der Waals surface area contributed by atoms with Gasteiger partial charge in [0, 0.05) is 24.7 Å². The minimum Gasteiger partial charge on any atom is -0.452 e. The van der Waals surface area contributed by atoms with Crippen molar-refractivity contribution in [3.8, 4) is 6.07 Å². The van der Waals surface area contributed by atoms with Gasteiger partial charge in [-0.1, -0.05) is 30.0 Å². The van der Waals surface area contributed by atoms with Gasteiger partial charge in [0.25, 0.3) is 5.91 Å². The molecule has 1 fully saturated rings. The van der Waals surface area contributed by atoms with E-state index in [1.165, 1.54) is 11.0 Å². The van der Waals surface area contributed by atoms with E-state index in [0.717, 1.165) is 0 Å². The van der Waals surface area contributed by atoms with Crippen LogP contribution < -0.4 is 10.5 Å². The monoisotopic (exact) mass is 437 g/mol. The van der Waals surface area contributed by atoms with Crippen molar-refractivity contribution in [2.45, 2.75) is 23.7 Å². The molecule has 2 heterocycles. The van der Waals surface area contributed by atoms with E-state index >= 15 is 0 Å². The smallest absolute Gasteiger partial charge is 0.417 e. The Hall–Kier alpha value is -3.26. The quantitative estimate of drug-likeness (QED) is 0.570. The van der Waals surface area contributed by atoms with Crippen molar-refractivity contribution in [3.63, 3.8) is 0 Å². The van der Waals surface area contributed by atoms with Gasteiger partial charge < -0.3 is 14.6 Å². The molecule has 1 aromatic heterocycles. The summed E-state index contributed by atoms with van der Waals surface area (Å²) in [5.41, 5.74) is -2.56. The number of alkyl halides is 3. The predicted octanol–water partition coefficient (Wildman–Crippen LogP) is 2.71. The highest BCUT2D eigenvalue weighted by Crippen LogP contribution is 2.34. The molecule has 1 atom stereocenters. The summed E-state index contributed by atoms with van der Waals surface area (Å²) < 4.78 is 44.3. The number of hydrogen-bond donors (Lipinski definition) is 1. The van der Waals surface area contributed by atoms with Crippen LogP contribution in [-0.4, -0.2) is 35.3 Å². The van der Waals surface area contributed by atoms with E-state index in [4.69, 9.17) is 10.00 Å². The van der Waals surface area contributed by atoms with Gasteiger partial charge in [-0.3, -0.25) is 14.4 Å². The first-order chi connectivity index (χ1) is 14.2. The lowest BCUT2D eigenvalue weighted by atomic mass is 10.1. The second-order valence-electron chi connectivity index (χ2n) is 6.24. The number of nitriles is 1. The molecule has 1 aromatic carbocycles. The normalized spacial score (nSPS) is 16.4. The molecular weight excluding hydrogens is 423 g/mol. The number of nitrogens with one attached hydrogen (secondary N) is 1. The Kier molecular flexibility index (Phi) is 6.17. The van der Waals surface area contributed by atoms with Crippen LogP contribution in [0.15, 0.2) is 46.2 Å². The molecular formula is C19H14F3N3O4S. The molecule has 1 unspecified atom stereocenters. The lowest BCUT2D eigenvalue weighted by molar-refractivity contribution is -0.150. The zero-order valence-corrected chi connectivity index (χ0v) is 16.0. The minimum atomic E-state index is -4.90. The molecule has 1 aliphatic heterocycles. The molecule has 0 spiro atoms. The number of H-pyrrole nitrogens is 1. The second kappa shape index (κ2) is 8.62. The SMILES string of the molecule is N#Cc1c(C(F)(F)F)cc(=O)[nH]c1SCC(=O)OC1CCN(c2ccccc2)C1=O. The second-order valence-corrected chi connectivity index (χ2v) is 7.23. The molecule has 2 aromatic rings. The van der Waals surface area contributed by atoms with Crippen molar-refractivity contribution < 1.29 is 27.5 Å². The Balaban J connectivity index is 1.66. The van der Waals surface area contributed by atoms with Crippen LogP contribution in [0.1, 0.15) is 17.5 Å². The van der Waals surface area contributed by atoms with E-state index in [1.807, 2.05) is 0 Å². The fourth-order valence-electron chi connectivity index (χ4n) is 2.93. The number of amides is 1. The number of rotatable bonds is 5. The molecule has 0 saturated carbocycles. The fraction of sp³-hybridized carbons (Fsp3) is 0.263. The number of para-hydroxylation sites is 1. The third-order valence-corrected chi connectivity index (χ3v) is 5.23. The van der Waals surface area contributed by atoms with E-state index in [9.17, 15) is 27.6 Å². The van der Waals surface area contributed by atoms with E-state index in [2.05, 4.69) is 4.98 Å². The van der Waals surface area contributed by atoms with Gasteiger partial charge >= 0.3 is 12.1 Å². The van der Waals surface area contributed by atoms with Crippen LogP contribution in [0, 0.1) is 11.3 Å². The summed E-state index contributed by atoms with van der Waals surface area (Å²) >= 11 is 0.528. The number of nitrogens with zero attached hydrogens (tertiary/aromatic N) is 2. The van der Waals surface area contributed by atoms with E-state index in [-0.39, 0.29) is 12.5 Å². The average Bonchev–Trinajstić information content (AvgIpc) is 3.06. The number of ether oxygens (including phenoxy) is 1. The summed E-state index contributed by atoms with van der Waals surface area (Å²) in [7, 11) is 0. The van der Waals surface area contributed by atoms with Crippen LogP contribution in [-0.2, 0) is 20.5 Å². The number of thioether (sulfide) groups is 1. The first kappa shape index (κ1) is 21.4. The maximum absolute atomic E-state index is 13.0. The Labute approximate surface area is 172 Å². The zero-order valence-electron chi connectivity index (χ0n) is 15.2. The van der Waals surface area contributed by atoms with Crippen LogP contribution >= 0.6 is 11.8 Å². The van der Waals surface area contributed by atoms with E-state index in [0.29, 0.717) is 24.0 Å². The standard InChI is InChI=1S/C19H14F3N3O4S/c20-19(21,22)13-8-15(26)24-17(12(13)9-23)30-10-16(27)29-14-6-7-25(18(14)28)11-4-2-1-3-5-11/h1-5,8,14H,6-7,10H2,(H,24,26). The average molecular weight is 437 g/mol. The Morgan fingerprint density at radius 2 is 2.00 bits per heavy atom. The number of aromatic nitrogens is 1. The number of hydrogen-bond acceptors (Lipinski definition) is 6. The third kappa shape index (κ3) is 4.65. The number of aromatic amines is 1. The number of carbonyl (C=O) groups is 2. The molecule has 11 heteroatoms. The van der Waals surface area contributed by atoms with Crippen LogP contribution in [0.3, 0.4) is 0 Å². The molecule has 1 N–H and O–H groups in total. The summed E-state index contributed by atoms with van der Waals surface area (Å²) in [5.74, 6) is -1.73. The summed E-state index contributed by atoms with van der Waals surface area (Å²) in [6, 6.07) is 10.5. The van der Waals surface area contributed by atoms with Gasteiger partial charge in [0.05, 0.1) is 21.9 Å². The number of benzene rings is 1. The van der Waals surface area contributed by atoms with Gasteiger partial charge in [0.15, 0.2) is 6.10 Å². The molecule has 30 heavy (non-hydrogen) atoms. The number of anilines is 1. The molecule has 0 radical (unpaired) electrons. The Morgan fingerprint density at radius 3 is 2.63 bits per heavy atom. The van der Waals surface area contributed by atoms with Gasteiger partial charge in [0.2, 0.25) is 5.56 Å². The molecule has 7 nitrogen and oxygen atoms in total. The van der Waals surface area contributed by atoms with Crippen LogP contribution in [0.5, 0.6) is 0 Å². The number of pyridine rings is 1. The maximum atomic E-state index is 13.0. The van der Waals surface area contributed by atoms with Crippen LogP contribution in [0.25, 0.3) is 0 Å². The summed E-state index contributed by atoms with van der Waals surface area (Å²) in [6.45, 7) is 0.355. The first-order valence-electron chi connectivity index (χ1n) is 8.64. The van der Waals surface area contributed by atoms with Crippen molar-refractivity contribution >= 4 is 29.3 Å². The van der Waals surface area contributed by atoms with Gasteiger partial charge in [-0.2, -0.15) is 18.4 Å². The molecule has 1 amide bonds. The van der Waals surface area contributed by atoms with Crippen molar-refractivity contribution in [1.82, 2.24) is 4.98 Å². The van der Waals surface area contributed by atoms with Crippen LogP contribution in [0.2, 0.25) is 0 Å². The lowest BCUT2D eigenvalue weighted by Gasteiger charge is -2.16. The molecule has 1 aliphatic rings. The topological polar surface area (TPSA) is 103 Å². The van der Waals surface area contributed by atoms with Gasteiger partial charge in [-0.25, -0.2) is 0 Å². The number of esters is 1.